The highest BCUT2D eigenvalue weighted by Crippen LogP contribution is 2.29. The number of aryl methyl sites for hydroxylation is 1. The minimum Gasteiger partial charge on any atom is -0.493 e. The van der Waals surface area contributed by atoms with Gasteiger partial charge in [-0.3, -0.25) is 19.0 Å². The first-order chi connectivity index (χ1) is 16.9. The molecule has 0 fully saturated rings. The molecular formula is C25H29FN4O5. The first-order valence-corrected chi connectivity index (χ1v) is 11.3. The van der Waals surface area contributed by atoms with E-state index < -0.39 is 0 Å². The molecule has 10 heteroatoms. The summed E-state index contributed by atoms with van der Waals surface area (Å²) in [7, 11) is 3.00. The van der Waals surface area contributed by atoms with Crippen molar-refractivity contribution in [3.63, 3.8) is 0 Å². The van der Waals surface area contributed by atoms with Crippen LogP contribution in [0.15, 0.2) is 47.5 Å². The summed E-state index contributed by atoms with van der Waals surface area (Å²) in [5.74, 6) is 0.0886. The summed E-state index contributed by atoms with van der Waals surface area (Å²) in [6.45, 7) is 2.65. The molecule has 0 aliphatic rings. The second-order valence-corrected chi connectivity index (χ2v) is 7.88. The zero-order chi connectivity index (χ0) is 25.4. The average molecular weight is 485 g/mol. The highest BCUT2D eigenvalue weighted by molar-refractivity contribution is 5.84. The average Bonchev–Trinajstić information content (AvgIpc) is 2.87. The summed E-state index contributed by atoms with van der Waals surface area (Å²) in [4.78, 5) is 43.6. The van der Waals surface area contributed by atoms with Crippen LogP contribution in [0.4, 0.5) is 4.39 Å². The molecule has 3 aromatic rings. The number of ether oxygens (including phenoxy) is 2. The normalized spacial score (nSPS) is 10.7. The number of nitrogens with one attached hydrogen (secondary N) is 1. The highest BCUT2D eigenvalue weighted by Gasteiger charge is 2.16. The van der Waals surface area contributed by atoms with Crippen molar-refractivity contribution in [2.75, 3.05) is 27.3 Å². The maximum Gasteiger partial charge on any atom is 0.261 e. The number of nitrogens with zero attached hydrogens (tertiary/aromatic N) is 3. The van der Waals surface area contributed by atoms with Gasteiger partial charge in [-0.2, -0.15) is 0 Å². The van der Waals surface area contributed by atoms with Gasteiger partial charge in [0.2, 0.25) is 11.8 Å². The van der Waals surface area contributed by atoms with Crippen molar-refractivity contribution in [2.45, 2.75) is 32.9 Å². The molecule has 0 aliphatic heterocycles. The number of hydrogen-bond donors (Lipinski definition) is 1. The molecule has 0 radical (unpaired) electrons. The third-order valence-corrected chi connectivity index (χ3v) is 5.59. The van der Waals surface area contributed by atoms with Gasteiger partial charge in [0.05, 0.1) is 38.0 Å². The molecule has 2 aromatic carbocycles. The molecule has 1 heterocycles. The molecule has 1 N–H and O–H groups in total. The molecule has 2 amide bonds. The van der Waals surface area contributed by atoms with Gasteiger partial charge < -0.3 is 19.7 Å². The Bertz CT molecular complexity index is 1240. The molecule has 0 bridgehead atoms. The van der Waals surface area contributed by atoms with E-state index >= 15 is 0 Å². The van der Waals surface area contributed by atoms with E-state index in [9.17, 15) is 18.8 Å². The minimum absolute atomic E-state index is 0.0738. The molecule has 0 saturated carbocycles. The standard InChI is InChI=1S/C25H29FN4O5/c1-4-29(15-23(31)27-14-17-7-9-18(26)10-8-17)24(32)6-5-11-30-16-28-20-13-22(35-3)21(34-2)12-19(20)25(30)33/h7-10,12-13,16H,4-6,11,14-15H2,1-3H3,(H,27,31). The molecule has 1 aromatic heterocycles. The molecule has 0 spiro atoms. The smallest absolute Gasteiger partial charge is 0.261 e. The van der Waals surface area contributed by atoms with Crippen LogP contribution in [0.1, 0.15) is 25.3 Å². The Morgan fingerprint density at radius 1 is 1.11 bits per heavy atom. The van der Waals surface area contributed by atoms with Crippen LogP contribution in [-0.4, -0.2) is 53.6 Å². The van der Waals surface area contributed by atoms with Gasteiger partial charge in [0.25, 0.3) is 5.56 Å². The topological polar surface area (TPSA) is 103 Å². The first-order valence-electron chi connectivity index (χ1n) is 11.3. The summed E-state index contributed by atoms with van der Waals surface area (Å²) in [5.41, 5.74) is 1.01. The molecule has 3 rings (SSSR count). The van der Waals surface area contributed by atoms with Crippen molar-refractivity contribution in [3.8, 4) is 11.5 Å². The summed E-state index contributed by atoms with van der Waals surface area (Å²) in [5, 5.41) is 3.13. The highest BCUT2D eigenvalue weighted by atomic mass is 19.1. The molecule has 9 nitrogen and oxygen atoms in total. The summed E-state index contributed by atoms with van der Waals surface area (Å²) in [6, 6.07) is 9.07. The van der Waals surface area contributed by atoms with E-state index in [1.807, 2.05) is 0 Å². The molecule has 35 heavy (non-hydrogen) atoms. The second-order valence-electron chi connectivity index (χ2n) is 7.88. The van der Waals surface area contributed by atoms with Crippen LogP contribution >= 0.6 is 0 Å². The fraction of sp³-hybridized carbons (Fsp3) is 0.360. The number of benzene rings is 2. The zero-order valence-corrected chi connectivity index (χ0v) is 20.0. The molecule has 0 unspecified atom stereocenters. The second kappa shape index (κ2) is 12.0. The number of carbonyl (C=O) groups is 2. The molecule has 0 aliphatic carbocycles. The Kier molecular flexibility index (Phi) is 8.77. The first kappa shape index (κ1) is 25.7. The largest absolute Gasteiger partial charge is 0.493 e. The molecule has 186 valence electrons. The van der Waals surface area contributed by atoms with Crippen molar-refractivity contribution < 1.29 is 23.5 Å². The van der Waals surface area contributed by atoms with Crippen LogP contribution < -0.4 is 20.3 Å². The predicted octanol–water partition coefficient (Wildman–Crippen LogP) is 2.50. The maximum atomic E-state index is 13.0. The van der Waals surface area contributed by atoms with Gasteiger partial charge in [-0.15, -0.1) is 0 Å². The Morgan fingerprint density at radius 2 is 1.80 bits per heavy atom. The quantitative estimate of drug-likeness (QED) is 0.449. The van der Waals surface area contributed by atoms with Crippen molar-refractivity contribution in [1.29, 1.82) is 0 Å². The Labute approximate surface area is 202 Å². The predicted molar refractivity (Wildman–Crippen MR) is 129 cm³/mol. The third-order valence-electron chi connectivity index (χ3n) is 5.59. The van der Waals surface area contributed by atoms with Crippen LogP contribution in [0.2, 0.25) is 0 Å². The van der Waals surface area contributed by atoms with Crippen molar-refractivity contribution >= 4 is 22.7 Å². The summed E-state index contributed by atoms with van der Waals surface area (Å²) >= 11 is 0. The number of halogens is 1. The third kappa shape index (κ3) is 6.56. The number of fused-ring (bicyclic) bond motifs is 1. The lowest BCUT2D eigenvalue weighted by Gasteiger charge is -2.20. The minimum atomic E-state index is -0.343. The zero-order valence-electron chi connectivity index (χ0n) is 20.0. The van der Waals surface area contributed by atoms with Gasteiger partial charge in [-0.25, -0.2) is 9.37 Å². The fourth-order valence-corrected chi connectivity index (χ4v) is 3.61. The Morgan fingerprint density at radius 3 is 2.46 bits per heavy atom. The Hall–Kier alpha value is -3.95. The van der Waals surface area contributed by atoms with Gasteiger partial charge in [0, 0.05) is 32.1 Å². The van der Waals surface area contributed by atoms with Gasteiger partial charge in [-0.1, -0.05) is 12.1 Å². The van der Waals surface area contributed by atoms with Crippen molar-refractivity contribution in [2.24, 2.45) is 0 Å². The number of amides is 2. The van der Waals surface area contributed by atoms with Crippen LogP contribution in [0.25, 0.3) is 10.9 Å². The van der Waals surface area contributed by atoms with E-state index in [0.717, 1.165) is 5.56 Å². The molecule has 0 atom stereocenters. The van der Waals surface area contributed by atoms with E-state index in [4.69, 9.17) is 9.47 Å². The van der Waals surface area contributed by atoms with Crippen LogP contribution in [0.3, 0.4) is 0 Å². The fourth-order valence-electron chi connectivity index (χ4n) is 3.61. The van der Waals surface area contributed by atoms with E-state index in [1.165, 1.54) is 42.1 Å². The van der Waals surface area contributed by atoms with Gasteiger partial charge in [0.15, 0.2) is 11.5 Å². The Balaban J connectivity index is 1.55. The SMILES string of the molecule is CCN(CC(=O)NCc1ccc(F)cc1)C(=O)CCCn1cnc2cc(OC)c(OC)cc2c1=O. The number of methoxy groups -OCH3 is 2. The summed E-state index contributed by atoms with van der Waals surface area (Å²) in [6.07, 6.45) is 2.03. The van der Waals surface area contributed by atoms with E-state index in [0.29, 0.717) is 41.9 Å². The monoisotopic (exact) mass is 484 g/mol. The lowest BCUT2D eigenvalue weighted by atomic mass is 10.2. The van der Waals surface area contributed by atoms with Crippen LogP contribution in [0, 0.1) is 5.82 Å². The lowest BCUT2D eigenvalue weighted by molar-refractivity contribution is -0.136. The van der Waals surface area contributed by atoms with Gasteiger partial charge >= 0.3 is 0 Å². The maximum absolute atomic E-state index is 13.0. The molecule has 0 saturated heterocycles. The van der Waals surface area contributed by atoms with E-state index in [2.05, 4.69) is 10.3 Å². The van der Waals surface area contributed by atoms with Crippen molar-refractivity contribution in [3.05, 3.63) is 64.5 Å². The van der Waals surface area contributed by atoms with E-state index in [1.54, 1.807) is 31.2 Å². The number of hydrogen-bond acceptors (Lipinski definition) is 6. The van der Waals surface area contributed by atoms with Crippen LogP contribution in [0.5, 0.6) is 11.5 Å². The summed E-state index contributed by atoms with van der Waals surface area (Å²) < 4.78 is 25.0. The number of rotatable bonds is 11. The number of carbonyl (C=O) groups excluding carboxylic acids is 2. The van der Waals surface area contributed by atoms with Gasteiger partial charge in [0.1, 0.15) is 5.82 Å². The van der Waals surface area contributed by atoms with Crippen LogP contribution in [-0.2, 0) is 22.7 Å². The number of aromatic nitrogens is 2. The van der Waals surface area contributed by atoms with E-state index in [-0.39, 0.29) is 42.7 Å². The van der Waals surface area contributed by atoms with Crippen molar-refractivity contribution in [1.82, 2.24) is 19.8 Å². The number of likely N-dealkylation sites (N-methyl/N-ethyl adjacent to an activating group) is 1. The van der Waals surface area contributed by atoms with Gasteiger partial charge in [-0.05, 0) is 37.1 Å². The molecular weight excluding hydrogens is 455 g/mol. The lowest BCUT2D eigenvalue weighted by Crippen LogP contribution is -2.40.